The zero-order chi connectivity index (χ0) is 19.3. The summed E-state index contributed by atoms with van der Waals surface area (Å²) in [7, 11) is -3.88. The number of rotatable bonds is 6. The van der Waals surface area contributed by atoms with Gasteiger partial charge in [0.15, 0.2) is 9.84 Å². The van der Waals surface area contributed by atoms with Crippen LogP contribution in [0.2, 0.25) is 5.02 Å². The molecule has 1 heterocycles. The van der Waals surface area contributed by atoms with E-state index in [1.54, 1.807) is 19.9 Å². The predicted molar refractivity (Wildman–Crippen MR) is 96.4 cm³/mol. The smallest absolute Gasteiger partial charge is 0.309 e. The summed E-state index contributed by atoms with van der Waals surface area (Å²) in [6.07, 6.45) is 1.34. The van der Waals surface area contributed by atoms with Crippen molar-refractivity contribution >= 4 is 33.3 Å². The molecule has 140 valence electrons. The molecular weight excluding hydrogens is 380 g/mol. The molecule has 0 saturated heterocycles. The summed E-state index contributed by atoms with van der Waals surface area (Å²) in [5.74, 6) is -1.59. The molecule has 1 aromatic carbocycles. The average Bonchev–Trinajstić information content (AvgIpc) is 3.08. The lowest BCUT2D eigenvalue weighted by Crippen LogP contribution is -2.44. The minimum Gasteiger partial charge on any atom is -0.468 e. The van der Waals surface area contributed by atoms with Crippen LogP contribution < -0.4 is 10.6 Å². The Bertz CT molecular complexity index is 861. The number of halogens is 1. The van der Waals surface area contributed by atoms with E-state index < -0.39 is 26.9 Å². The largest absolute Gasteiger partial charge is 0.468 e. The molecular formula is C17H19ClN2O5S. The van der Waals surface area contributed by atoms with E-state index in [0.29, 0.717) is 5.02 Å². The normalized spacial score (nSPS) is 12.6. The quantitative estimate of drug-likeness (QED) is 0.725. The molecule has 0 aliphatic heterocycles. The maximum atomic E-state index is 12.9. The van der Waals surface area contributed by atoms with Crippen LogP contribution in [0.1, 0.15) is 24.9 Å². The highest BCUT2D eigenvalue weighted by Gasteiger charge is 2.32. The van der Waals surface area contributed by atoms with Crippen LogP contribution in [-0.2, 0) is 19.4 Å². The van der Waals surface area contributed by atoms with Crippen molar-refractivity contribution in [2.45, 2.75) is 30.0 Å². The second-order valence-corrected chi connectivity index (χ2v) is 8.41. The first-order valence-electron chi connectivity index (χ1n) is 7.83. The van der Waals surface area contributed by atoms with Gasteiger partial charge in [-0.2, -0.15) is 0 Å². The number of carbonyl (C=O) groups excluding carboxylic acids is 2. The average molecular weight is 399 g/mol. The van der Waals surface area contributed by atoms with Gasteiger partial charge in [-0.25, -0.2) is 8.42 Å². The molecule has 2 rings (SSSR count). The Hall–Kier alpha value is -2.32. The Morgan fingerprint density at radius 1 is 1.12 bits per heavy atom. The Balaban J connectivity index is 2.24. The van der Waals surface area contributed by atoms with Crippen molar-refractivity contribution in [1.82, 2.24) is 10.6 Å². The van der Waals surface area contributed by atoms with Gasteiger partial charge in [-0.15, -0.1) is 0 Å². The van der Waals surface area contributed by atoms with Gasteiger partial charge in [0.25, 0.3) is 0 Å². The SMILES string of the molecule is CC(C)NC(=O)C(=O)NC[C@@H](c1ccco1)S(=O)(=O)c1ccc(Cl)cc1. The Labute approximate surface area is 156 Å². The van der Waals surface area contributed by atoms with Crippen molar-refractivity contribution in [3.63, 3.8) is 0 Å². The number of hydrogen-bond acceptors (Lipinski definition) is 5. The maximum Gasteiger partial charge on any atom is 0.309 e. The number of benzene rings is 1. The molecule has 1 aromatic heterocycles. The van der Waals surface area contributed by atoms with E-state index in [1.807, 2.05) is 0 Å². The van der Waals surface area contributed by atoms with Gasteiger partial charge < -0.3 is 15.1 Å². The lowest BCUT2D eigenvalue weighted by molar-refractivity contribution is -0.139. The molecule has 0 radical (unpaired) electrons. The highest BCUT2D eigenvalue weighted by Crippen LogP contribution is 2.29. The van der Waals surface area contributed by atoms with Crippen molar-refractivity contribution in [3.8, 4) is 0 Å². The van der Waals surface area contributed by atoms with Crippen LogP contribution in [-0.4, -0.2) is 32.8 Å². The minimum absolute atomic E-state index is 0.0316. The molecule has 0 saturated carbocycles. The van der Waals surface area contributed by atoms with Crippen molar-refractivity contribution in [2.24, 2.45) is 0 Å². The molecule has 0 spiro atoms. The van der Waals surface area contributed by atoms with E-state index in [-0.39, 0.29) is 23.2 Å². The number of hydrogen-bond donors (Lipinski definition) is 2. The van der Waals surface area contributed by atoms with Crippen LogP contribution in [0.4, 0.5) is 0 Å². The van der Waals surface area contributed by atoms with Crippen LogP contribution in [0.15, 0.2) is 52.0 Å². The van der Waals surface area contributed by atoms with Crippen LogP contribution in [0.25, 0.3) is 0 Å². The van der Waals surface area contributed by atoms with E-state index in [1.165, 1.54) is 36.6 Å². The number of carbonyl (C=O) groups is 2. The van der Waals surface area contributed by atoms with Gasteiger partial charge in [-0.3, -0.25) is 9.59 Å². The molecule has 7 nitrogen and oxygen atoms in total. The van der Waals surface area contributed by atoms with Gasteiger partial charge in [0.05, 0.1) is 11.2 Å². The summed E-state index contributed by atoms with van der Waals surface area (Å²) in [4.78, 5) is 23.6. The van der Waals surface area contributed by atoms with E-state index in [9.17, 15) is 18.0 Å². The van der Waals surface area contributed by atoms with Gasteiger partial charge >= 0.3 is 11.8 Å². The highest BCUT2D eigenvalue weighted by atomic mass is 35.5. The second kappa shape index (κ2) is 8.37. The zero-order valence-electron chi connectivity index (χ0n) is 14.2. The first-order chi connectivity index (χ1) is 12.2. The molecule has 9 heteroatoms. The molecule has 0 unspecified atom stereocenters. The van der Waals surface area contributed by atoms with Crippen LogP contribution >= 0.6 is 11.6 Å². The first-order valence-corrected chi connectivity index (χ1v) is 9.76. The van der Waals surface area contributed by atoms with E-state index >= 15 is 0 Å². The Morgan fingerprint density at radius 3 is 2.31 bits per heavy atom. The second-order valence-electron chi connectivity index (χ2n) is 5.84. The van der Waals surface area contributed by atoms with Crippen molar-refractivity contribution < 1.29 is 22.4 Å². The monoisotopic (exact) mass is 398 g/mol. The summed E-state index contributed by atoms with van der Waals surface area (Å²) in [5, 5.41) is 4.00. The number of nitrogens with one attached hydrogen (secondary N) is 2. The molecule has 26 heavy (non-hydrogen) atoms. The lowest BCUT2D eigenvalue weighted by atomic mass is 10.3. The summed E-state index contributed by atoms with van der Waals surface area (Å²) in [6.45, 7) is 3.10. The minimum atomic E-state index is -3.88. The highest BCUT2D eigenvalue weighted by molar-refractivity contribution is 7.91. The van der Waals surface area contributed by atoms with Crippen molar-refractivity contribution in [2.75, 3.05) is 6.54 Å². The molecule has 0 bridgehead atoms. The first kappa shape index (κ1) is 20.0. The number of sulfone groups is 1. The fourth-order valence-electron chi connectivity index (χ4n) is 2.22. The molecule has 1 atom stereocenters. The summed E-state index contributed by atoms with van der Waals surface area (Å²) in [5.41, 5.74) is 0. The molecule has 2 N–H and O–H groups in total. The number of amides is 2. The fraction of sp³-hybridized carbons (Fsp3) is 0.294. The van der Waals surface area contributed by atoms with Gasteiger partial charge in [0.1, 0.15) is 11.0 Å². The third-order valence-electron chi connectivity index (χ3n) is 3.45. The van der Waals surface area contributed by atoms with Crippen molar-refractivity contribution in [3.05, 3.63) is 53.4 Å². The third kappa shape index (κ3) is 4.86. The summed E-state index contributed by atoms with van der Waals surface area (Å²) in [6, 6.07) is 8.50. The Kier molecular flexibility index (Phi) is 6.44. The third-order valence-corrected chi connectivity index (χ3v) is 5.78. The summed E-state index contributed by atoms with van der Waals surface area (Å²) < 4.78 is 31.1. The standard InChI is InChI=1S/C17H19ClN2O5S/c1-11(2)20-17(22)16(21)19-10-15(14-4-3-9-25-14)26(23,24)13-7-5-12(18)6-8-13/h3-9,11,15H,10H2,1-2H3,(H,19,21)(H,20,22)/t15-/m0/s1. The van der Waals surface area contributed by atoms with Gasteiger partial charge in [-0.05, 0) is 50.2 Å². The molecule has 0 aliphatic carbocycles. The van der Waals surface area contributed by atoms with E-state index in [4.69, 9.17) is 16.0 Å². The van der Waals surface area contributed by atoms with Gasteiger partial charge in [0, 0.05) is 17.6 Å². The number of furan rings is 1. The predicted octanol–water partition coefficient (Wildman–Crippen LogP) is 2.09. The van der Waals surface area contributed by atoms with Crippen LogP contribution in [0.3, 0.4) is 0 Å². The molecule has 0 fully saturated rings. The zero-order valence-corrected chi connectivity index (χ0v) is 15.8. The molecule has 2 amide bonds. The molecule has 2 aromatic rings. The topological polar surface area (TPSA) is 105 Å². The van der Waals surface area contributed by atoms with Gasteiger partial charge in [-0.1, -0.05) is 11.6 Å². The van der Waals surface area contributed by atoms with Gasteiger partial charge in [0.2, 0.25) is 0 Å². The fourth-order valence-corrected chi connectivity index (χ4v) is 3.93. The lowest BCUT2D eigenvalue weighted by Gasteiger charge is -2.17. The molecule has 0 aliphatic rings. The van der Waals surface area contributed by atoms with E-state index in [0.717, 1.165) is 0 Å². The van der Waals surface area contributed by atoms with Crippen molar-refractivity contribution in [1.29, 1.82) is 0 Å². The summed E-state index contributed by atoms with van der Waals surface area (Å²) >= 11 is 5.81. The van der Waals surface area contributed by atoms with Crippen LogP contribution in [0, 0.1) is 0 Å². The van der Waals surface area contributed by atoms with E-state index in [2.05, 4.69) is 10.6 Å². The maximum absolute atomic E-state index is 12.9. The Morgan fingerprint density at radius 2 is 1.77 bits per heavy atom. The van der Waals surface area contributed by atoms with Crippen LogP contribution in [0.5, 0.6) is 0 Å².